The second-order valence-corrected chi connectivity index (χ2v) is 7.51. The minimum absolute atomic E-state index is 0.0901. The van der Waals surface area contributed by atoms with Gasteiger partial charge >= 0.3 is 0 Å². The quantitative estimate of drug-likeness (QED) is 0.665. The Kier molecular flexibility index (Phi) is 7.35. The summed E-state index contributed by atoms with van der Waals surface area (Å²) in [6.45, 7) is 0.304. The van der Waals surface area contributed by atoms with E-state index in [9.17, 15) is 14.0 Å². The highest BCUT2D eigenvalue weighted by atomic mass is 32.2. The fourth-order valence-electron chi connectivity index (χ4n) is 2.92. The topological polar surface area (TPSA) is 67.9 Å². The van der Waals surface area contributed by atoms with Crippen LogP contribution in [-0.2, 0) is 9.59 Å². The molecule has 0 aromatic heterocycles. The zero-order chi connectivity index (χ0) is 20.6. The number of hydrogen-bond donors (Lipinski definition) is 1. The normalized spacial score (nSPS) is 15.8. The maximum Gasteiger partial charge on any atom is 0.248 e. The number of nitrogens with zero attached hydrogens (tertiary/aromatic N) is 1. The number of methoxy groups -OCH3 is 1. The average Bonchev–Trinajstić information content (AvgIpc) is 3.22. The van der Waals surface area contributed by atoms with Crippen LogP contribution in [0.5, 0.6) is 11.5 Å². The SMILES string of the molecule is COc1ccc(NC(=O)C2CSCN2C(=O)CCCOc2cccc(F)c2)cc1. The van der Waals surface area contributed by atoms with Gasteiger partial charge in [-0.2, -0.15) is 0 Å². The summed E-state index contributed by atoms with van der Waals surface area (Å²) in [6.07, 6.45) is 0.755. The van der Waals surface area contributed by atoms with E-state index in [2.05, 4.69) is 5.32 Å². The van der Waals surface area contributed by atoms with Crippen molar-refractivity contribution in [1.82, 2.24) is 4.90 Å². The predicted octanol–water partition coefficient (Wildman–Crippen LogP) is 3.53. The van der Waals surface area contributed by atoms with Gasteiger partial charge in [0.15, 0.2) is 0 Å². The molecular formula is C21H23FN2O4S. The highest BCUT2D eigenvalue weighted by Gasteiger charge is 2.34. The molecule has 1 aliphatic heterocycles. The lowest BCUT2D eigenvalue weighted by Gasteiger charge is -2.23. The number of amides is 2. The number of hydrogen-bond acceptors (Lipinski definition) is 5. The van der Waals surface area contributed by atoms with Gasteiger partial charge in [0, 0.05) is 23.9 Å². The summed E-state index contributed by atoms with van der Waals surface area (Å²) in [7, 11) is 1.58. The van der Waals surface area contributed by atoms with E-state index in [-0.39, 0.29) is 24.1 Å². The predicted molar refractivity (Wildman–Crippen MR) is 111 cm³/mol. The highest BCUT2D eigenvalue weighted by Crippen LogP contribution is 2.24. The fourth-order valence-corrected chi connectivity index (χ4v) is 4.10. The number of thioether (sulfide) groups is 1. The molecule has 8 heteroatoms. The van der Waals surface area contributed by atoms with Crippen molar-refractivity contribution in [2.45, 2.75) is 18.9 Å². The molecule has 3 rings (SSSR count). The summed E-state index contributed by atoms with van der Waals surface area (Å²) in [6, 6.07) is 12.4. The molecule has 6 nitrogen and oxygen atoms in total. The Morgan fingerprint density at radius 2 is 2.00 bits per heavy atom. The lowest BCUT2D eigenvalue weighted by atomic mass is 10.2. The molecule has 1 heterocycles. The molecule has 2 aromatic carbocycles. The number of ether oxygens (including phenoxy) is 2. The molecule has 0 saturated carbocycles. The molecule has 1 unspecified atom stereocenters. The first-order chi connectivity index (χ1) is 14.1. The van der Waals surface area contributed by atoms with Crippen LogP contribution in [0.2, 0.25) is 0 Å². The van der Waals surface area contributed by atoms with Gasteiger partial charge in [-0.1, -0.05) is 6.07 Å². The zero-order valence-electron chi connectivity index (χ0n) is 16.1. The smallest absolute Gasteiger partial charge is 0.248 e. The molecule has 2 amide bonds. The molecule has 1 aliphatic rings. The van der Waals surface area contributed by atoms with Gasteiger partial charge in [-0.25, -0.2) is 4.39 Å². The Morgan fingerprint density at radius 3 is 2.72 bits per heavy atom. The second-order valence-electron chi connectivity index (χ2n) is 6.51. The largest absolute Gasteiger partial charge is 0.497 e. The summed E-state index contributed by atoms with van der Waals surface area (Å²) in [5.41, 5.74) is 0.656. The summed E-state index contributed by atoms with van der Waals surface area (Å²) < 4.78 is 23.7. The van der Waals surface area contributed by atoms with Crippen molar-refractivity contribution in [1.29, 1.82) is 0 Å². The number of benzene rings is 2. The van der Waals surface area contributed by atoms with E-state index >= 15 is 0 Å². The van der Waals surface area contributed by atoms with Crippen molar-refractivity contribution in [2.75, 3.05) is 30.7 Å². The van der Waals surface area contributed by atoms with Crippen molar-refractivity contribution >= 4 is 29.3 Å². The van der Waals surface area contributed by atoms with Gasteiger partial charge in [-0.3, -0.25) is 9.59 Å². The third kappa shape index (κ3) is 5.87. The first-order valence-corrected chi connectivity index (χ1v) is 10.4. The average molecular weight is 418 g/mol. The summed E-state index contributed by atoms with van der Waals surface area (Å²) in [4.78, 5) is 26.8. The van der Waals surface area contributed by atoms with E-state index in [0.29, 0.717) is 41.8 Å². The lowest BCUT2D eigenvalue weighted by molar-refractivity contribution is -0.136. The second kappa shape index (κ2) is 10.2. The number of halogens is 1. The van der Waals surface area contributed by atoms with Crippen LogP contribution in [0, 0.1) is 5.82 Å². The van der Waals surface area contributed by atoms with Gasteiger partial charge in [0.05, 0.1) is 19.6 Å². The van der Waals surface area contributed by atoms with Crippen molar-refractivity contribution in [2.24, 2.45) is 0 Å². The lowest BCUT2D eigenvalue weighted by Crippen LogP contribution is -2.44. The van der Waals surface area contributed by atoms with E-state index in [1.165, 1.54) is 12.1 Å². The van der Waals surface area contributed by atoms with E-state index in [4.69, 9.17) is 9.47 Å². The molecule has 2 aromatic rings. The Bertz CT molecular complexity index is 847. The van der Waals surface area contributed by atoms with Crippen LogP contribution in [0.4, 0.5) is 10.1 Å². The molecule has 154 valence electrons. The van der Waals surface area contributed by atoms with Crippen LogP contribution in [0.15, 0.2) is 48.5 Å². The van der Waals surface area contributed by atoms with Crippen LogP contribution >= 0.6 is 11.8 Å². The molecule has 0 spiro atoms. The van der Waals surface area contributed by atoms with Crippen molar-refractivity contribution in [3.8, 4) is 11.5 Å². The van der Waals surface area contributed by atoms with Gasteiger partial charge in [0.25, 0.3) is 0 Å². The van der Waals surface area contributed by atoms with Gasteiger partial charge in [-0.15, -0.1) is 11.8 Å². The number of rotatable bonds is 8. The molecule has 0 aliphatic carbocycles. The number of carbonyl (C=O) groups is 2. The zero-order valence-corrected chi connectivity index (χ0v) is 16.9. The van der Waals surface area contributed by atoms with Crippen LogP contribution in [-0.4, -0.2) is 48.1 Å². The summed E-state index contributed by atoms with van der Waals surface area (Å²) in [5, 5.41) is 2.85. The monoisotopic (exact) mass is 418 g/mol. The molecule has 0 radical (unpaired) electrons. The summed E-state index contributed by atoms with van der Waals surface area (Å²) >= 11 is 1.55. The molecule has 1 fully saturated rings. The van der Waals surface area contributed by atoms with Crippen LogP contribution in [0.3, 0.4) is 0 Å². The molecular weight excluding hydrogens is 395 g/mol. The van der Waals surface area contributed by atoms with E-state index < -0.39 is 6.04 Å². The van der Waals surface area contributed by atoms with Gasteiger partial charge < -0.3 is 19.7 Å². The van der Waals surface area contributed by atoms with Crippen LogP contribution < -0.4 is 14.8 Å². The number of nitrogens with one attached hydrogen (secondary N) is 1. The fraction of sp³-hybridized carbons (Fsp3) is 0.333. The number of carbonyl (C=O) groups excluding carboxylic acids is 2. The maximum absolute atomic E-state index is 13.1. The van der Waals surface area contributed by atoms with Crippen molar-refractivity contribution in [3.05, 3.63) is 54.3 Å². The molecule has 29 heavy (non-hydrogen) atoms. The molecule has 0 bridgehead atoms. The Morgan fingerprint density at radius 1 is 1.21 bits per heavy atom. The minimum Gasteiger partial charge on any atom is -0.497 e. The third-order valence-corrected chi connectivity index (χ3v) is 5.47. The summed E-state index contributed by atoms with van der Waals surface area (Å²) in [5.74, 6) is 1.54. The van der Waals surface area contributed by atoms with Crippen molar-refractivity contribution in [3.63, 3.8) is 0 Å². The first-order valence-electron chi connectivity index (χ1n) is 9.27. The van der Waals surface area contributed by atoms with Gasteiger partial charge in [-0.05, 0) is 42.8 Å². The number of anilines is 1. The Labute approximate surface area is 173 Å². The Hall–Kier alpha value is -2.74. The Balaban J connectivity index is 1.47. The van der Waals surface area contributed by atoms with Crippen LogP contribution in [0.1, 0.15) is 12.8 Å². The van der Waals surface area contributed by atoms with E-state index in [1.54, 1.807) is 60.2 Å². The van der Waals surface area contributed by atoms with Crippen molar-refractivity contribution < 1.29 is 23.5 Å². The van der Waals surface area contributed by atoms with Crippen LogP contribution in [0.25, 0.3) is 0 Å². The molecule has 1 atom stereocenters. The highest BCUT2D eigenvalue weighted by molar-refractivity contribution is 7.99. The van der Waals surface area contributed by atoms with Gasteiger partial charge in [0.1, 0.15) is 23.4 Å². The minimum atomic E-state index is -0.501. The third-order valence-electron chi connectivity index (χ3n) is 4.46. The standard InChI is InChI=1S/C21H23FN2O4S/c1-27-17-9-7-16(8-10-17)23-21(26)19-13-29-14-24(19)20(25)6-3-11-28-18-5-2-4-15(22)12-18/h2,4-5,7-10,12,19H,3,6,11,13-14H2,1H3,(H,23,26). The van der Waals surface area contributed by atoms with E-state index in [0.717, 1.165) is 0 Å². The maximum atomic E-state index is 13.1. The van der Waals surface area contributed by atoms with E-state index in [1.807, 2.05) is 0 Å². The molecule has 1 N–H and O–H groups in total. The first kappa shape index (κ1) is 21.0. The molecule has 1 saturated heterocycles. The van der Waals surface area contributed by atoms with Gasteiger partial charge in [0.2, 0.25) is 11.8 Å².